The number of benzene rings is 1. The van der Waals surface area contributed by atoms with Crippen LogP contribution in [0.5, 0.6) is 5.75 Å². The number of halogens is 3. The summed E-state index contributed by atoms with van der Waals surface area (Å²) in [6.45, 7) is 0. The number of hydrogen-bond acceptors (Lipinski definition) is 2. The van der Waals surface area contributed by atoms with Crippen LogP contribution in [0.4, 0.5) is 0 Å². The Morgan fingerprint density at radius 3 is 2.46 bits per heavy atom. The molecule has 0 atom stereocenters. The predicted molar refractivity (Wildman–Crippen MR) is 53.2 cm³/mol. The zero-order chi connectivity index (χ0) is 10.0. The van der Waals surface area contributed by atoms with Gasteiger partial charge in [-0.05, 0) is 23.7 Å². The first-order valence-corrected chi connectivity index (χ1v) is 4.42. The van der Waals surface area contributed by atoms with Crippen LogP contribution in [0.15, 0.2) is 12.1 Å². The van der Waals surface area contributed by atoms with Crippen molar-refractivity contribution >= 4 is 40.0 Å². The lowest BCUT2D eigenvalue weighted by molar-refractivity contribution is 0.108. The molecule has 0 saturated heterocycles. The summed E-state index contributed by atoms with van der Waals surface area (Å²) < 4.78 is 4.89. The normalized spacial score (nSPS) is 9.85. The number of rotatable bonds is 2. The number of methoxy groups -OCH3 is 1. The fourth-order valence-corrected chi connectivity index (χ4v) is 1.33. The first kappa shape index (κ1) is 10.6. The van der Waals surface area contributed by atoms with Gasteiger partial charge in [-0.2, -0.15) is 0 Å². The van der Waals surface area contributed by atoms with Gasteiger partial charge < -0.3 is 4.74 Å². The molecular formula is C8H5Cl3O2. The van der Waals surface area contributed by atoms with Gasteiger partial charge in [-0.25, -0.2) is 0 Å². The summed E-state index contributed by atoms with van der Waals surface area (Å²) in [6.07, 6.45) is 0. The summed E-state index contributed by atoms with van der Waals surface area (Å²) in [5.74, 6) is 0.332. The van der Waals surface area contributed by atoms with Gasteiger partial charge in [-0.15, -0.1) is 0 Å². The molecule has 0 unspecified atom stereocenters. The van der Waals surface area contributed by atoms with E-state index >= 15 is 0 Å². The van der Waals surface area contributed by atoms with Crippen molar-refractivity contribution in [1.29, 1.82) is 0 Å². The number of carbonyl (C=O) groups excluding carboxylic acids is 1. The number of hydrogen-bond donors (Lipinski definition) is 0. The standard InChI is InChI=1S/C8H5Cl3O2/c1-13-6-3-4(8(11)12)2-5(9)7(6)10/h2-3H,1H3. The van der Waals surface area contributed by atoms with E-state index in [1.165, 1.54) is 19.2 Å². The molecule has 0 fully saturated rings. The smallest absolute Gasteiger partial charge is 0.252 e. The molecule has 0 heterocycles. The summed E-state index contributed by atoms with van der Waals surface area (Å²) in [6, 6.07) is 2.82. The van der Waals surface area contributed by atoms with Gasteiger partial charge in [0.1, 0.15) is 10.8 Å². The molecule has 0 aliphatic carbocycles. The minimum Gasteiger partial charge on any atom is -0.495 e. The zero-order valence-corrected chi connectivity index (χ0v) is 8.87. The SMILES string of the molecule is COc1cc(C(=O)Cl)cc(Cl)c1Cl. The molecule has 0 aliphatic heterocycles. The van der Waals surface area contributed by atoms with Crippen LogP contribution in [-0.2, 0) is 0 Å². The van der Waals surface area contributed by atoms with Crippen molar-refractivity contribution in [1.82, 2.24) is 0 Å². The highest BCUT2D eigenvalue weighted by molar-refractivity contribution is 6.68. The first-order valence-electron chi connectivity index (χ1n) is 3.29. The number of ether oxygens (including phenoxy) is 1. The molecule has 70 valence electrons. The second-order valence-corrected chi connectivity index (χ2v) is 3.38. The van der Waals surface area contributed by atoms with E-state index in [1.807, 2.05) is 0 Å². The minimum atomic E-state index is -0.600. The third-order valence-electron chi connectivity index (χ3n) is 1.44. The molecule has 0 spiro atoms. The molecule has 0 amide bonds. The van der Waals surface area contributed by atoms with Crippen molar-refractivity contribution in [3.05, 3.63) is 27.7 Å². The average molecular weight is 239 g/mol. The van der Waals surface area contributed by atoms with Crippen molar-refractivity contribution in [3.63, 3.8) is 0 Å². The Morgan fingerprint density at radius 1 is 1.38 bits per heavy atom. The van der Waals surface area contributed by atoms with Crippen LogP contribution < -0.4 is 4.74 Å². The van der Waals surface area contributed by atoms with Crippen LogP contribution in [-0.4, -0.2) is 12.4 Å². The Kier molecular flexibility index (Phi) is 3.42. The summed E-state index contributed by atoms with van der Waals surface area (Å²) in [5, 5.41) is -0.0901. The van der Waals surface area contributed by atoms with Crippen molar-refractivity contribution in [2.45, 2.75) is 0 Å². The highest BCUT2D eigenvalue weighted by Gasteiger charge is 2.11. The van der Waals surface area contributed by atoms with Gasteiger partial charge in [0.05, 0.1) is 12.1 Å². The second kappa shape index (κ2) is 4.18. The molecule has 1 aromatic carbocycles. The molecule has 0 bridgehead atoms. The van der Waals surface area contributed by atoms with Crippen molar-refractivity contribution < 1.29 is 9.53 Å². The van der Waals surface area contributed by atoms with E-state index in [0.29, 0.717) is 5.75 Å². The third-order valence-corrected chi connectivity index (χ3v) is 2.44. The highest BCUT2D eigenvalue weighted by Crippen LogP contribution is 2.33. The summed E-state index contributed by atoms with van der Waals surface area (Å²) in [7, 11) is 1.43. The van der Waals surface area contributed by atoms with E-state index in [-0.39, 0.29) is 15.6 Å². The molecular weight excluding hydrogens is 234 g/mol. The van der Waals surface area contributed by atoms with Crippen molar-refractivity contribution in [2.75, 3.05) is 7.11 Å². The summed E-state index contributed by atoms with van der Waals surface area (Å²) >= 11 is 16.7. The van der Waals surface area contributed by atoms with Crippen LogP contribution >= 0.6 is 34.8 Å². The van der Waals surface area contributed by atoms with E-state index < -0.39 is 5.24 Å². The Bertz CT molecular complexity index is 349. The molecule has 0 aromatic heterocycles. The molecule has 0 N–H and O–H groups in total. The lowest BCUT2D eigenvalue weighted by Gasteiger charge is -2.05. The molecule has 0 saturated carbocycles. The molecule has 1 rings (SSSR count). The van der Waals surface area contributed by atoms with Gasteiger partial charge >= 0.3 is 0 Å². The summed E-state index contributed by atoms with van der Waals surface area (Å²) in [5.41, 5.74) is 0.257. The predicted octanol–water partition coefficient (Wildman–Crippen LogP) is 3.38. The van der Waals surface area contributed by atoms with Gasteiger partial charge in [0, 0.05) is 5.56 Å². The third kappa shape index (κ3) is 2.27. The van der Waals surface area contributed by atoms with Crippen LogP contribution in [0.3, 0.4) is 0 Å². The topological polar surface area (TPSA) is 26.3 Å². The number of carbonyl (C=O) groups is 1. The van der Waals surface area contributed by atoms with Crippen molar-refractivity contribution in [2.24, 2.45) is 0 Å². The molecule has 0 aliphatic rings. The van der Waals surface area contributed by atoms with E-state index in [2.05, 4.69) is 0 Å². The fourth-order valence-electron chi connectivity index (χ4n) is 0.826. The van der Waals surface area contributed by atoms with Crippen LogP contribution in [0, 0.1) is 0 Å². The minimum absolute atomic E-state index is 0.241. The Morgan fingerprint density at radius 2 is 2.00 bits per heavy atom. The maximum absolute atomic E-state index is 10.8. The van der Waals surface area contributed by atoms with Gasteiger partial charge in [-0.1, -0.05) is 23.2 Å². The van der Waals surface area contributed by atoms with Crippen LogP contribution in [0.1, 0.15) is 10.4 Å². The van der Waals surface area contributed by atoms with Gasteiger partial charge in [0.2, 0.25) is 0 Å². The van der Waals surface area contributed by atoms with E-state index in [9.17, 15) is 4.79 Å². The monoisotopic (exact) mass is 238 g/mol. The van der Waals surface area contributed by atoms with Crippen LogP contribution in [0.2, 0.25) is 10.0 Å². The molecule has 13 heavy (non-hydrogen) atoms. The Hall–Kier alpha value is -0.440. The second-order valence-electron chi connectivity index (χ2n) is 2.25. The fraction of sp³-hybridized carbons (Fsp3) is 0.125. The largest absolute Gasteiger partial charge is 0.495 e. The van der Waals surface area contributed by atoms with Crippen molar-refractivity contribution in [3.8, 4) is 5.75 Å². The van der Waals surface area contributed by atoms with Gasteiger partial charge in [-0.3, -0.25) is 4.79 Å². The molecule has 1 aromatic rings. The molecule has 2 nitrogen and oxygen atoms in total. The van der Waals surface area contributed by atoms with E-state index in [0.717, 1.165) is 0 Å². The highest BCUT2D eigenvalue weighted by atomic mass is 35.5. The summed E-state index contributed by atoms with van der Waals surface area (Å²) in [4.78, 5) is 10.8. The lowest BCUT2D eigenvalue weighted by Crippen LogP contribution is -1.92. The Labute approximate surface area is 90.3 Å². The van der Waals surface area contributed by atoms with E-state index in [1.54, 1.807) is 0 Å². The lowest BCUT2D eigenvalue weighted by atomic mass is 10.2. The molecule has 5 heteroatoms. The van der Waals surface area contributed by atoms with Gasteiger partial charge in [0.15, 0.2) is 0 Å². The van der Waals surface area contributed by atoms with Gasteiger partial charge in [0.25, 0.3) is 5.24 Å². The average Bonchev–Trinajstić information content (AvgIpc) is 2.09. The molecule has 0 radical (unpaired) electrons. The zero-order valence-electron chi connectivity index (χ0n) is 6.61. The first-order chi connectivity index (χ1) is 6.06. The quantitative estimate of drug-likeness (QED) is 0.740. The maximum atomic E-state index is 10.8. The maximum Gasteiger partial charge on any atom is 0.252 e. The van der Waals surface area contributed by atoms with Crippen LogP contribution in [0.25, 0.3) is 0 Å². The van der Waals surface area contributed by atoms with E-state index in [4.69, 9.17) is 39.5 Å². The Balaban J connectivity index is 3.30.